The minimum absolute atomic E-state index is 0.0689. The number of nitrogens with one attached hydrogen (secondary N) is 1. The summed E-state index contributed by atoms with van der Waals surface area (Å²) in [4.78, 5) is 40.7. The molecule has 1 aromatic rings. The molecule has 158 valence electrons. The van der Waals surface area contributed by atoms with Crippen molar-refractivity contribution in [1.29, 1.82) is 0 Å². The molecule has 8 heteroatoms. The minimum atomic E-state index is -1.02. The van der Waals surface area contributed by atoms with E-state index in [1.165, 1.54) is 0 Å². The Hall–Kier alpha value is -2.61. The van der Waals surface area contributed by atoms with Crippen LogP contribution < -0.4 is 10.1 Å². The van der Waals surface area contributed by atoms with Gasteiger partial charge in [0.2, 0.25) is 5.91 Å². The molecular weight excluding hydrogens is 374 g/mol. The third-order valence-corrected chi connectivity index (χ3v) is 5.48. The van der Waals surface area contributed by atoms with Gasteiger partial charge in [0.1, 0.15) is 17.8 Å². The van der Waals surface area contributed by atoms with Crippen molar-refractivity contribution in [3.8, 4) is 5.75 Å². The van der Waals surface area contributed by atoms with Crippen LogP contribution in [0.2, 0.25) is 0 Å². The number of ether oxygens (including phenoxy) is 2. The lowest BCUT2D eigenvalue weighted by Crippen LogP contribution is -2.52. The number of aryl methyl sites for hydroxylation is 1. The van der Waals surface area contributed by atoms with E-state index in [4.69, 9.17) is 9.47 Å². The van der Waals surface area contributed by atoms with Gasteiger partial charge in [-0.1, -0.05) is 12.1 Å². The number of benzene rings is 1. The highest BCUT2D eigenvalue weighted by Crippen LogP contribution is 2.24. The molecule has 2 aliphatic heterocycles. The molecule has 3 rings (SSSR count). The first-order valence-corrected chi connectivity index (χ1v) is 9.92. The topological polar surface area (TPSA) is 88.2 Å². The second kappa shape index (κ2) is 8.41. The predicted octanol–water partition coefficient (Wildman–Crippen LogP) is 1.57. The fourth-order valence-corrected chi connectivity index (χ4v) is 3.86. The Kier molecular flexibility index (Phi) is 6.12. The van der Waals surface area contributed by atoms with E-state index in [0.717, 1.165) is 16.2 Å². The van der Waals surface area contributed by atoms with Crippen molar-refractivity contribution in [2.45, 2.75) is 51.4 Å². The summed E-state index contributed by atoms with van der Waals surface area (Å²) in [6, 6.07) is 7.08. The molecule has 2 saturated heterocycles. The number of hydrogen-bond donors (Lipinski definition) is 1. The van der Waals surface area contributed by atoms with Crippen LogP contribution in [0.5, 0.6) is 5.75 Å². The minimum Gasteiger partial charge on any atom is -0.497 e. The molecule has 1 aromatic carbocycles. The van der Waals surface area contributed by atoms with Gasteiger partial charge in [-0.05, 0) is 51.3 Å². The second-order valence-corrected chi connectivity index (χ2v) is 8.06. The third kappa shape index (κ3) is 4.70. The highest BCUT2D eigenvalue weighted by molar-refractivity contribution is 6.08. The quantitative estimate of drug-likeness (QED) is 0.729. The highest BCUT2D eigenvalue weighted by atomic mass is 16.5. The molecule has 29 heavy (non-hydrogen) atoms. The Labute approximate surface area is 171 Å². The molecule has 0 aromatic heterocycles. The molecule has 0 bridgehead atoms. The van der Waals surface area contributed by atoms with Crippen LogP contribution in [-0.2, 0) is 20.7 Å². The SMILES string of the molecule is COc1ccc(CC[C@@]2(C)NC(=O)N(CC(=O)N3C[C@H](C)O[C@@H](C)C3)C2=O)cc1. The van der Waals surface area contributed by atoms with Crippen LogP contribution in [-0.4, -0.2) is 72.1 Å². The van der Waals surface area contributed by atoms with Gasteiger partial charge in [0.15, 0.2) is 0 Å². The second-order valence-electron chi connectivity index (χ2n) is 8.06. The number of carbonyl (C=O) groups excluding carboxylic acids is 3. The maximum atomic E-state index is 12.9. The van der Waals surface area contributed by atoms with Crippen LogP contribution in [0.25, 0.3) is 0 Å². The first-order valence-electron chi connectivity index (χ1n) is 9.92. The van der Waals surface area contributed by atoms with Crippen LogP contribution in [0.15, 0.2) is 24.3 Å². The fourth-order valence-electron chi connectivity index (χ4n) is 3.86. The summed E-state index contributed by atoms with van der Waals surface area (Å²) in [5, 5.41) is 2.77. The number of hydrogen-bond acceptors (Lipinski definition) is 5. The Morgan fingerprint density at radius 1 is 1.21 bits per heavy atom. The fraction of sp³-hybridized carbons (Fsp3) is 0.571. The first kappa shape index (κ1) is 21.1. The van der Waals surface area contributed by atoms with Crippen molar-refractivity contribution in [2.75, 3.05) is 26.7 Å². The molecule has 0 spiro atoms. The summed E-state index contributed by atoms with van der Waals surface area (Å²) in [6.45, 7) is 6.19. The molecule has 8 nitrogen and oxygen atoms in total. The van der Waals surface area contributed by atoms with E-state index in [1.807, 2.05) is 38.1 Å². The molecule has 4 amide bonds. The summed E-state index contributed by atoms with van der Waals surface area (Å²) in [6.07, 6.45) is 0.925. The third-order valence-electron chi connectivity index (χ3n) is 5.48. The Balaban J connectivity index is 1.61. The highest BCUT2D eigenvalue weighted by Gasteiger charge is 2.48. The number of rotatable bonds is 6. The molecule has 2 aliphatic rings. The van der Waals surface area contributed by atoms with E-state index in [0.29, 0.717) is 25.9 Å². The molecule has 2 fully saturated rings. The van der Waals surface area contributed by atoms with Crippen LogP contribution >= 0.6 is 0 Å². The van der Waals surface area contributed by atoms with Gasteiger partial charge in [-0.15, -0.1) is 0 Å². The van der Waals surface area contributed by atoms with Crippen LogP contribution in [0.3, 0.4) is 0 Å². The van der Waals surface area contributed by atoms with Crippen LogP contribution in [0.1, 0.15) is 32.8 Å². The summed E-state index contributed by atoms with van der Waals surface area (Å²) in [5.41, 5.74) is 0.0166. The lowest BCUT2D eigenvalue weighted by Gasteiger charge is -2.35. The van der Waals surface area contributed by atoms with Gasteiger partial charge in [0.25, 0.3) is 5.91 Å². The predicted molar refractivity (Wildman–Crippen MR) is 107 cm³/mol. The standard InChI is InChI=1S/C21H29N3O5/c1-14-11-23(12-15(2)29-14)18(25)13-24-19(26)21(3,22-20(24)27)10-9-16-5-7-17(28-4)8-6-16/h5-8,14-15H,9-13H2,1-4H3,(H,22,27)/t14-,15-,21+/m0/s1. The van der Waals surface area contributed by atoms with Crippen molar-refractivity contribution >= 4 is 17.8 Å². The molecular formula is C21H29N3O5. The summed E-state index contributed by atoms with van der Waals surface area (Å²) in [5.74, 6) is 0.162. The molecule has 0 unspecified atom stereocenters. The van der Waals surface area contributed by atoms with Crippen LogP contribution in [0.4, 0.5) is 4.79 Å². The van der Waals surface area contributed by atoms with Gasteiger partial charge < -0.3 is 19.7 Å². The zero-order chi connectivity index (χ0) is 21.2. The van der Waals surface area contributed by atoms with Crippen LogP contribution in [0, 0.1) is 0 Å². The molecule has 0 saturated carbocycles. The Bertz CT molecular complexity index is 771. The number of methoxy groups -OCH3 is 1. The van der Waals surface area contributed by atoms with Crippen molar-refractivity contribution in [3.63, 3.8) is 0 Å². The lowest BCUT2D eigenvalue weighted by atomic mass is 9.93. The van der Waals surface area contributed by atoms with Gasteiger partial charge in [0, 0.05) is 13.1 Å². The van der Waals surface area contributed by atoms with Crippen molar-refractivity contribution in [2.24, 2.45) is 0 Å². The number of imide groups is 1. The van der Waals surface area contributed by atoms with E-state index < -0.39 is 11.6 Å². The van der Waals surface area contributed by atoms with Gasteiger partial charge in [-0.25, -0.2) is 4.79 Å². The van der Waals surface area contributed by atoms with Crippen molar-refractivity contribution in [3.05, 3.63) is 29.8 Å². The van der Waals surface area contributed by atoms with Crippen molar-refractivity contribution < 1.29 is 23.9 Å². The van der Waals surface area contributed by atoms with Gasteiger partial charge in [-0.3, -0.25) is 14.5 Å². The molecule has 0 aliphatic carbocycles. The largest absolute Gasteiger partial charge is 0.497 e. The molecule has 0 radical (unpaired) electrons. The van der Waals surface area contributed by atoms with E-state index in [2.05, 4.69) is 5.32 Å². The van der Waals surface area contributed by atoms with Crippen molar-refractivity contribution in [1.82, 2.24) is 15.1 Å². The number of carbonyl (C=O) groups is 3. The normalized spacial score (nSPS) is 27.2. The Morgan fingerprint density at radius 3 is 2.41 bits per heavy atom. The Morgan fingerprint density at radius 2 is 1.83 bits per heavy atom. The summed E-state index contributed by atoms with van der Waals surface area (Å²) < 4.78 is 10.8. The number of nitrogens with zero attached hydrogens (tertiary/aromatic N) is 2. The van der Waals surface area contributed by atoms with E-state index in [-0.39, 0.29) is 30.6 Å². The van der Waals surface area contributed by atoms with E-state index in [9.17, 15) is 14.4 Å². The summed E-state index contributed by atoms with van der Waals surface area (Å²) >= 11 is 0. The smallest absolute Gasteiger partial charge is 0.325 e. The molecule has 3 atom stereocenters. The van der Waals surface area contributed by atoms with Gasteiger partial charge >= 0.3 is 6.03 Å². The summed E-state index contributed by atoms with van der Waals surface area (Å²) in [7, 11) is 1.61. The zero-order valence-corrected chi connectivity index (χ0v) is 17.4. The maximum Gasteiger partial charge on any atom is 0.325 e. The van der Waals surface area contributed by atoms with Gasteiger partial charge in [-0.2, -0.15) is 0 Å². The molecule has 2 heterocycles. The van der Waals surface area contributed by atoms with E-state index in [1.54, 1.807) is 18.9 Å². The average molecular weight is 403 g/mol. The molecule has 1 N–H and O–H groups in total. The van der Waals surface area contributed by atoms with Gasteiger partial charge in [0.05, 0.1) is 19.3 Å². The number of amides is 4. The first-order chi connectivity index (χ1) is 13.7. The average Bonchev–Trinajstić information content (AvgIpc) is 2.89. The number of urea groups is 1. The lowest BCUT2D eigenvalue weighted by molar-refractivity contribution is -0.146. The maximum absolute atomic E-state index is 12.9. The van der Waals surface area contributed by atoms with E-state index >= 15 is 0 Å². The monoisotopic (exact) mass is 403 g/mol. The zero-order valence-electron chi connectivity index (χ0n) is 17.4. The number of morpholine rings is 1.